The van der Waals surface area contributed by atoms with E-state index >= 15 is 0 Å². The largest absolute Gasteiger partial charge is 0.307 e. The lowest BCUT2D eigenvalue weighted by molar-refractivity contribution is -0.0676. The van der Waals surface area contributed by atoms with Crippen LogP contribution in [0.25, 0.3) is 0 Å². The third-order valence-electron chi connectivity index (χ3n) is 5.27. The molecule has 1 aliphatic heterocycles. The number of hydrogen-bond donors (Lipinski definition) is 0. The number of piperidine rings is 1. The van der Waals surface area contributed by atoms with Gasteiger partial charge in [0, 0.05) is 25.4 Å². The quantitative estimate of drug-likeness (QED) is 0.750. The summed E-state index contributed by atoms with van der Waals surface area (Å²) in [7, 11) is 0. The van der Waals surface area contributed by atoms with E-state index in [2.05, 4.69) is 18.3 Å². The summed E-state index contributed by atoms with van der Waals surface area (Å²) < 4.78 is 27.5. The summed E-state index contributed by atoms with van der Waals surface area (Å²) in [5, 5.41) is 9.37. The van der Waals surface area contributed by atoms with Crippen LogP contribution in [0.2, 0.25) is 0 Å². The summed E-state index contributed by atoms with van der Waals surface area (Å²) in [6.45, 7) is 0.683. The first kappa shape index (κ1) is 15.3. The highest BCUT2D eigenvalue weighted by molar-refractivity contribution is 5.21. The van der Waals surface area contributed by atoms with E-state index in [-0.39, 0.29) is 24.8 Å². The highest BCUT2D eigenvalue weighted by Crippen LogP contribution is 2.43. The third-order valence-corrected chi connectivity index (χ3v) is 5.27. The van der Waals surface area contributed by atoms with E-state index in [0.717, 1.165) is 19.3 Å². The number of hydrogen-bond acceptors (Lipinski definition) is 2. The monoisotopic (exact) mass is 304 g/mol. The van der Waals surface area contributed by atoms with Gasteiger partial charge >= 0.3 is 0 Å². The molecule has 2 nitrogen and oxygen atoms in total. The predicted octanol–water partition coefficient (Wildman–Crippen LogP) is 4.54. The molecule has 1 aliphatic carbocycles. The lowest BCUT2D eigenvalue weighted by Crippen LogP contribution is -2.46. The van der Waals surface area contributed by atoms with Crippen LogP contribution >= 0.6 is 0 Å². The van der Waals surface area contributed by atoms with E-state index < -0.39 is 5.92 Å². The summed E-state index contributed by atoms with van der Waals surface area (Å²) in [5.74, 6) is -2.23. The molecule has 118 valence electrons. The second-order valence-electron chi connectivity index (χ2n) is 6.71. The van der Waals surface area contributed by atoms with Crippen LogP contribution in [-0.2, 0) is 0 Å². The second-order valence-corrected chi connectivity index (χ2v) is 6.71. The Morgan fingerprint density at radius 3 is 2.64 bits per heavy atom. The van der Waals surface area contributed by atoms with Crippen molar-refractivity contribution in [2.45, 2.75) is 56.4 Å². The van der Waals surface area contributed by atoms with Crippen molar-refractivity contribution in [2.75, 3.05) is 6.54 Å². The fraction of sp³-hybridized carbons (Fsp3) is 0.611. The Hall–Kier alpha value is -1.63. The van der Waals surface area contributed by atoms with E-state index in [4.69, 9.17) is 0 Å². The van der Waals surface area contributed by atoms with Crippen molar-refractivity contribution in [2.24, 2.45) is 5.92 Å². The molecule has 1 aromatic rings. The van der Waals surface area contributed by atoms with Gasteiger partial charge in [-0.25, -0.2) is 8.78 Å². The minimum atomic E-state index is -2.55. The maximum atomic E-state index is 13.8. The molecule has 3 atom stereocenters. The van der Waals surface area contributed by atoms with E-state index in [0.29, 0.717) is 18.9 Å². The number of nitriles is 1. The van der Waals surface area contributed by atoms with E-state index in [1.165, 1.54) is 5.56 Å². The zero-order valence-electron chi connectivity index (χ0n) is 12.7. The second kappa shape index (κ2) is 6.24. The molecule has 3 rings (SSSR count). The van der Waals surface area contributed by atoms with Crippen molar-refractivity contribution in [3.05, 3.63) is 35.9 Å². The first-order chi connectivity index (χ1) is 10.6. The molecule has 0 radical (unpaired) electrons. The molecular weight excluding hydrogens is 282 g/mol. The molecule has 0 aromatic heterocycles. The molecular formula is C18H22F2N2. The molecule has 0 amide bonds. The van der Waals surface area contributed by atoms with Crippen LogP contribution in [0.4, 0.5) is 8.78 Å². The molecule has 1 saturated heterocycles. The fourth-order valence-corrected chi connectivity index (χ4v) is 4.14. The Bertz CT molecular complexity index is 538. The van der Waals surface area contributed by atoms with Gasteiger partial charge in [-0.05, 0) is 43.1 Å². The average Bonchev–Trinajstić information content (AvgIpc) is 2.54. The molecule has 3 unspecified atom stereocenters. The summed E-state index contributed by atoms with van der Waals surface area (Å²) in [6.07, 6.45) is 5.32. The molecule has 2 fully saturated rings. The molecule has 2 aliphatic rings. The Labute approximate surface area is 130 Å². The maximum Gasteiger partial charge on any atom is 0.248 e. The van der Waals surface area contributed by atoms with Crippen molar-refractivity contribution in [3.63, 3.8) is 0 Å². The van der Waals surface area contributed by atoms with Crippen LogP contribution in [0.3, 0.4) is 0 Å². The van der Waals surface area contributed by atoms with Gasteiger partial charge in [0.1, 0.15) is 0 Å². The Balaban J connectivity index is 1.76. The molecule has 4 heteroatoms. The molecule has 1 aromatic carbocycles. The molecule has 22 heavy (non-hydrogen) atoms. The van der Waals surface area contributed by atoms with E-state index in [1.54, 1.807) is 4.90 Å². The van der Waals surface area contributed by atoms with Crippen LogP contribution < -0.4 is 0 Å². The molecule has 0 spiro atoms. The summed E-state index contributed by atoms with van der Waals surface area (Å²) in [5.41, 5.74) is 1.27. The standard InChI is InChI=1S/C18H22F2N2/c19-18(20)9-4-7-16(12-18)17-11-15(8-10-22(17)13-21)14-5-2-1-3-6-14/h1-3,5-6,15-17H,4,7-12H2. The number of benzene rings is 1. The van der Waals surface area contributed by atoms with Gasteiger partial charge in [0.2, 0.25) is 5.92 Å². The number of halogens is 2. The van der Waals surface area contributed by atoms with E-state index in [1.807, 2.05) is 18.2 Å². The highest BCUT2D eigenvalue weighted by atomic mass is 19.3. The van der Waals surface area contributed by atoms with Crippen molar-refractivity contribution in [1.82, 2.24) is 4.90 Å². The highest BCUT2D eigenvalue weighted by Gasteiger charge is 2.42. The minimum absolute atomic E-state index is 0.00485. The van der Waals surface area contributed by atoms with Crippen molar-refractivity contribution in [3.8, 4) is 6.19 Å². The molecule has 1 heterocycles. The topological polar surface area (TPSA) is 27.0 Å². The molecule has 0 bridgehead atoms. The van der Waals surface area contributed by atoms with Crippen LogP contribution in [0, 0.1) is 17.4 Å². The normalized spacial score (nSPS) is 31.5. The Morgan fingerprint density at radius 1 is 1.18 bits per heavy atom. The predicted molar refractivity (Wildman–Crippen MR) is 81.4 cm³/mol. The van der Waals surface area contributed by atoms with Gasteiger partial charge in [-0.1, -0.05) is 30.3 Å². The number of rotatable bonds is 2. The van der Waals surface area contributed by atoms with Crippen LogP contribution in [0.15, 0.2) is 30.3 Å². The summed E-state index contributed by atoms with van der Waals surface area (Å²) >= 11 is 0. The fourth-order valence-electron chi connectivity index (χ4n) is 4.14. The molecule has 0 N–H and O–H groups in total. The van der Waals surface area contributed by atoms with Gasteiger partial charge in [0.05, 0.1) is 0 Å². The average molecular weight is 304 g/mol. The SMILES string of the molecule is N#CN1CCC(c2ccccc2)CC1C1CCCC(F)(F)C1. The van der Waals surface area contributed by atoms with E-state index in [9.17, 15) is 14.0 Å². The van der Waals surface area contributed by atoms with Gasteiger partial charge in [-0.3, -0.25) is 0 Å². The van der Waals surface area contributed by atoms with Crippen LogP contribution in [-0.4, -0.2) is 23.4 Å². The lowest BCUT2D eigenvalue weighted by Gasteiger charge is -2.43. The Morgan fingerprint density at radius 2 is 1.95 bits per heavy atom. The maximum absolute atomic E-state index is 13.8. The summed E-state index contributed by atoms with van der Waals surface area (Å²) in [6, 6.07) is 10.2. The van der Waals surface area contributed by atoms with Crippen LogP contribution in [0.5, 0.6) is 0 Å². The van der Waals surface area contributed by atoms with Gasteiger partial charge in [0.25, 0.3) is 0 Å². The number of alkyl halides is 2. The van der Waals surface area contributed by atoms with Gasteiger partial charge in [-0.2, -0.15) is 5.26 Å². The smallest absolute Gasteiger partial charge is 0.248 e. The first-order valence-electron chi connectivity index (χ1n) is 8.18. The zero-order chi connectivity index (χ0) is 15.6. The van der Waals surface area contributed by atoms with Crippen molar-refractivity contribution < 1.29 is 8.78 Å². The number of nitrogens with zero attached hydrogens (tertiary/aromatic N) is 2. The molecule has 1 saturated carbocycles. The lowest BCUT2D eigenvalue weighted by atomic mass is 9.74. The summed E-state index contributed by atoms with van der Waals surface area (Å²) in [4.78, 5) is 1.76. The number of likely N-dealkylation sites (tertiary alicyclic amines) is 1. The van der Waals surface area contributed by atoms with Crippen molar-refractivity contribution >= 4 is 0 Å². The van der Waals surface area contributed by atoms with Gasteiger partial charge < -0.3 is 4.90 Å². The van der Waals surface area contributed by atoms with Crippen LogP contribution in [0.1, 0.15) is 50.0 Å². The van der Waals surface area contributed by atoms with Gasteiger partial charge in [0.15, 0.2) is 6.19 Å². The Kier molecular flexibility index (Phi) is 4.33. The van der Waals surface area contributed by atoms with Gasteiger partial charge in [-0.15, -0.1) is 0 Å². The minimum Gasteiger partial charge on any atom is -0.307 e. The zero-order valence-corrected chi connectivity index (χ0v) is 12.7. The van der Waals surface area contributed by atoms with Crippen molar-refractivity contribution in [1.29, 1.82) is 5.26 Å². The third kappa shape index (κ3) is 3.24. The first-order valence-corrected chi connectivity index (χ1v) is 8.18.